The number of hydrogen-bond acceptors (Lipinski definition) is 5. The van der Waals surface area contributed by atoms with Crippen LogP contribution in [0.3, 0.4) is 0 Å². The lowest BCUT2D eigenvalue weighted by Gasteiger charge is -2.17. The van der Waals surface area contributed by atoms with Crippen LogP contribution in [-0.4, -0.2) is 47.0 Å². The highest BCUT2D eigenvalue weighted by molar-refractivity contribution is 8.76. The zero-order valence-electron chi connectivity index (χ0n) is 16.0. The number of hydrogen-bond donors (Lipinski definition) is 2. The van der Waals surface area contributed by atoms with Gasteiger partial charge in [-0.3, -0.25) is 14.5 Å². The third-order valence-electron chi connectivity index (χ3n) is 3.89. The number of carbonyl (C=O) groups excluding carboxylic acids is 1. The van der Waals surface area contributed by atoms with Crippen molar-refractivity contribution in [2.45, 2.75) is 19.5 Å². The predicted molar refractivity (Wildman–Crippen MR) is 118 cm³/mol. The summed E-state index contributed by atoms with van der Waals surface area (Å²) in [5.74, 6) is 0.460. The molecule has 28 heavy (non-hydrogen) atoms. The van der Waals surface area contributed by atoms with Crippen LogP contribution in [0.5, 0.6) is 0 Å². The number of rotatable bonds is 12. The van der Waals surface area contributed by atoms with Crippen molar-refractivity contribution in [3.8, 4) is 0 Å². The number of carboxylic acids is 1. The average Bonchev–Trinajstić information content (AvgIpc) is 2.67. The summed E-state index contributed by atoms with van der Waals surface area (Å²) in [6.45, 7) is 2.18. The molecule has 0 saturated heterocycles. The van der Waals surface area contributed by atoms with Crippen LogP contribution < -0.4 is 5.32 Å². The summed E-state index contributed by atoms with van der Waals surface area (Å²) in [4.78, 5) is 25.0. The van der Waals surface area contributed by atoms with E-state index in [-0.39, 0.29) is 12.3 Å². The summed E-state index contributed by atoms with van der Waals surface area (Å²) in [6, 6.07) is 18.0. The molecule has 0 aliphatic carbocycles. The normalized spacial score (nSPS) is 10.8. The largest absolute Gasteiger partial charge is 0.481 e. The van der Waals surface area contributed by atoms with E-state index < -0.39 is 5.97 Å². The molecule has 0 unspecified atom stereocenters. The minimum absolute atomic E-state index is 0.0799. The van der Waals surface area contributed by atoms with Gasteiger partial charge in [0.1, 0.15) is 0 Å². The molecule has 5 nitrogen and oxygen atoms in total. The first-order chi connectivity index (χ1) is 13.5. The van der Waals surface area contributed by atoms with Gasteiger partial charge in [-0.05, 0) is 30.3 Å². The van der Waals surface area contributed by atoms with Gasteiger partial charge in [0.15, 0.2) is 0 Å². The van der Waals surface area contributed by atoms with E-state index in [4.69, 9.17) is 5.11 Å². The van der Waals surface area contributed by atoms with E-state index in [1.807, 2.05) is 42.5 Å². The third kappa shape index (κ3) is 8.82. The van der Waals surface area contributed by atoms with Crippen LogP contribution in [0.2, 0.25) is 0 Å². The van der Waals surface area contributed by atoms with Gasteiger partial charge in [0, 0.05) is 36.7 Å². The molecule has 0 saturated carbocycles. The molecule has 0 bridgehead atoms. The SMILES string of the molecule is CN(Cc1ccccc1)Cc1cccc(C(=O)NCCSSCCC(=O)O)c1. The Morgan fingerprint density at radius 1 is 0.964 bits per heavy atom. The van der Waals surface area contributed by atoms with Gasteiger partial charge in [-0.2, -0.15) is 0 Å². The Bertz CT molecular complexity index is 756. The van der Waals surface area contributed by atoms with E-state index in [0.717, 1.165) is 24.4 Å². The Kier molecular flexibility index (Phi) is 9.96. The molecule has 7 heteroatoms. The lowest BCUT2D eigenvalue weighted by molar-refractivity contribution is -0.136. The van der Waals surface area contributed by atoms with Crippen molar-refractivity contribution in [2.24, 2.45) is 0 Å². The second kappa shape index (κ2) is 12.5. The number of carbonyl (C=O) groups is 2. The number of nitrogens with one attached hydrogen (secondary N) is 1. The van der Waals surface area contributed by atoms with Gasteiger partial charge in [0.25, 0.3) is 5.91 Å². The van der Waals surface area contributed by atoms with Crippen LogP contribution in [0.4, 0.5) is 0 Å². The molecule has 0 radical (unpaired) electrons. The predicted octanol–water partition coefficient (Wildman–Crippen LogP) is 3.90. The minimum Gasteiger partial charge on any atom is -0.481 e. The Morgan fingerprint density at radius 2 is 1.64 bits per heavy atom. The van der Waals surface area contributed by atoms with Crippen molar-refractivity contribution in [2.75, 3.05) is 25.1 Å². The second-order valence-corrected chi connectivity index (χ2v) is 9.10. The number of carboxylic acid groups (broad SMARTS) is 1. The lowest BCUT2D eigenvalue weighted by atomic mass is 10.1. The summed E-state index contributed by atoms with van der Waals surface area (Å²) < 4.78 is 0. The van der Waals surface area contributed by atoms with Crippen LogP contribution in [0.25, 0.3) is 0 Å². The number of aliphatic carboxylic acids is 1. The van der Waals surface area contributed by atoms with Gasteiger partial charge in [-0.25, -0.2) is 0 Å². The topological polar surface area (TPSA) is 69.6 Å². The third-order valence-corrected chi connectivity index (χ3v) is 6.30. The molecule has 0 aliphatic heterocycles. The van der Waals surface area contributed by atoms with E-state index in [9.17, 15) is 9.59 Å². The fourth-order valence-electron chi connectivity index (χ4n) is 2.63. The molecular weight excluding hydrogens is 392 g/mol. The highest BCUT2D eigenvalue weighted by Gasteiger charge is 2.08. The van der Waals surface area contributed by atoms with Gasteiger partial charge < -0.3 is 10.4 Å². The highest BCUT2D eigenvalue weighted by atomic mass is 33.1. The minimum atomic E-state index is -0.782. The first kappa shape index (κ1) is 22.3. The maximum absolute atomic E-state index is 12.3. The molecule has 2 rings (SSSR count). The van der Waals surface area contributed by atoms with Crippen LogP contribution in [0, 0.1) is 0 Å². The molecule has 0 aliphatic rings. The summed E-state index contributed by atoms with van der Waals surface area (Å²) in [5, 5.41) is 11.5. The van der Waals surface area contributed by atoms with Crippen LogP contribution >= 0.6 is 21.6 Å². The molecule has 1 amide bonds. The van der Waals surface area contributed by atoms with Crippen molar-refractivity contribution in [3.05, 3.63) is 71.3 Å². The molecule has 0 aromatic heterocycles. The van der Waals surface area contributed by atoms with Crippen molar-refractivity contribution in [1.29, 1.82) is 0 Å². The standard InChI is InChI=1S/C21H26N2O3S2/c1-23(15-17-6-3-2-4-7-17)16-18-8-5-9-19(14-18)21(26)22-11-13-28-27-12-10-20(24)25/h2-9,14H,10-13,15-16H2,1H3,(H,22,26)(H,24,25). The van der Waals surface area contributed by atoms with Gasteiger partial charge >= 0.3 is 5.97 Å². The maximum atomic E-state index is 12.3. The van der Waals surface area contributed by atoms with Crippen LogP contribution in [-0.2, 0) is 17.9 Å². The fourth-order valence-corrected chi connectivity index (χ4v) is 4.51. The average molecular weight is 419 g/mol. The van der Waals surface area contributed by atoms with Gasteiger partial charge in [-0.1, -0.05) is 64.1 Å². The van der Waals surface area contributed by atoms with Crippen LogP contribution in [0.1, 0.15) is 27.9 Å². The smallest absolute Gasteiger partial charge is 0.304 e. The van der Waals surface area contributed by atoms with Gasteiger partial charge in [0.2, 0.25) is 0 Å². The molecule has 2 N–H and O–H groups in total. The van der Waals surface area contributed by atoms with Crippen molar-refractivity contribution in [3.63, 3.8) is 0 Å². The monoisotopic (exact) mass is 418 g/mol. The summed E-state index contributed by atoms with van der Waals surface area (Å²) in [5.41, 5.74) is 3.02. The van der Waals surface area contributed by atoms with Crippen molar-refractivity contribution < 1.29 is 14.7 Å². The number of nitrogens with zero attached hydrogens (tertiary/aromatic N) is 1. The molecule has 2 aromatic carbocycles. The van der Waals surface area contributed by atoms with Crippen molar-refractivity contribution >= 4 is 33.5 Å². The Hall–Kier alpha value is -1.96. The van der Waals surface area contributed by atoms with E-state index in [1.165, 1.54) is 16.4 Å². The van der Waals surface area contributed by atoms with E-state index in [0.29, 0.717) is 17.9 Å². The van der Waals surface area contributed by atoms with E-state index in [2.05, 4.69) is 29.4 Å². The zero-order chi connectivity index (χ0) is 20.2. The maximum Gasteiger partial charge on any atom is 0.304 e. The molecule has 150 valence electrons. The Morgan fingerprint density at radius 3 is 2.39 bits per heavy atom. The van der Waals surface area contributed by atoms with Gasteiger partial charge in [0.05, 0.1) is 6.42 Å². The first-order valence-electron chi connectivity index (χ1n) is 9.10. The first-order valence-corrected chi connectivity index (χ1v) is 11.6. The number of benzene rings is 2. The zero-order valence-corrected chi connectivity index (χ0v) is 17.6. The van der Waals surface area contributed by atoms with Crippen LogP contribution in [0.15, 0.2) is 54.6 Å². The molecular formula is C21H26N2O3S2. The van der Waals surface area contributed by atoms with E-state index >= 15 is 0 Å². The number of amides is 1. The fraction of sp³-hybridized carbons (Fsp3) is 0.333. The highest BCUT2D eigenvalue weighted by Crippen LogP contribution is 2.21. The molecule has 2 aromatic rings. The molecule has 0 spiro atoms. The quantitative estimate of drug-likeness (QED) is 0.402. The van der Waals surface area contributed by atoms with E-state index in [1.54, 1.807) is 10.8 Å². The summed E-state index contributed by atoms with van der Waals surface area (Å²) in [7, 11) is 5.16. The molecule has 0 fully saturated rings. The lowest BCUT2D eigenvalue weighted by Crippen LogP contribution is -2.26. The van der Waals surface area contributed by atoms with Crippen molar-refractivity contribution in [1.82, 2.24) is 10.2 Å². The Labute approximate surface area is 174 Å². The summed E-state index contributed by atoms with van der Waals surface area (Å²) >= 11 is 0. The Balaban J connectivity index is 1.73. The van der Waals surface area contributed by atoms with Gasteiger partial charge in [-0.15, -0.1) is 0 Å². The second-order valence-electron chi connectivity index (χ2n) is 6.40. The molecule has 0 heterocycles. The molecule has 0 atom stereocenters. The summed E-state index contributed by atoms with van der Waals surface area (Å²) in [6.07, 6.45) is 0.162.